The molecule has 0 heterocycles. The Morgan fingerprint density at radius 2 is 1.90 bits per heavy atom. The van der Waals surface area contributed by atoms with E-state index in [2.05, 4.69) is 74.2 Å². The maximum atomic E-state index is 5.88. The molecule has 1 unspecified atom stereocenters. The molecular weight excluding hydrogens is 248 g/mol. The van der Waals surface area contributed by atoms with Crippen molar-refractivity contribution < 1.29 is 0 Å². The van der Waals surface area contributed by atoms with Gasteiger partial charge in [-0.15, -0.1) is 0 Å². The number of nitrogens with zero attached hydrogens (tertiary/aromatic N) is 2. The van der Waals surface area contributed by atoms with E-state index >= 15 is 0 Å². The molecule has 112 valence electrons. The second kappa shape index (κ2) is 7.29. The van der Waals surface area contributed by atoms with Crippen LogP contribution in [0.4, 0.5) is 0 Å². The molecule has 0 amide bonds. The number of guanidine groups is 1. The van der Waals surface area contributed by atoms with Gasteiger partial charge in [0.2, 0.25) is 0 Å². The van der Waals surface area contributed by atoms with Gasteiger partial charge in [0, 0.05) is 18.1 Å². The Hall–Kier alpha value is -1.55. The number of benzene rings is 1. The van der Waals surface area contributed by atoms with E-state index in [1.54, 1.807) is 0 Å². The molecule has 0 radical (unpaired) electrons. The lowest BCUT2D eigenvalue weighted by atomic mass is 10.1. The standard InChI is InChI=1S/C16H28N4/c1-13(11-18-15(17)19-16(2,3)4)20(5)12-14-9-7-6-8-10-14/h6-10,13H,11-12H2,1-5H3,(H3,17,18,19). The van der Waals surface area contributed by atoms with Crippen LogP contribution in [0.5, 0.6) is 0 Å². The van der Waals surface area contributed by atoms with E-state index in [0.717, 1.165) is 6.54 Å². The quantitative estimate of drug-likeness (QED) is 0.640. The number of likely N-dealkylation sites (N-methyl/N-ethyl adjacent to an activating group) is 1. The van der Waals surface area contributed by atoms with E-state index < -0.39 is 0 Å². The van der Waals surface area contributed by atoms with Crippen LogP contribution in [0.2, 0.25) is 0 Å². The highest BCUT2D eigenvalue weighted by molar-refractivity contribution is 5.78. The normalized spacial score (nSPS) is 14.4. The van der Waals surface area contributed by atoms with Gasteiger partial charge in [-0.1, -0.05) is 30.3 Å². The Morgan fingerprint density at radius 1 is 1.30 bits per heavy atom. The van der Waals surface area contributed by atoms with Gasteiger partial charge in [-0.05, 0) is 40.3 Å². The maximum Gasteiger partial charge on any atom is 0.189 e. The summed E-state index contributed by atoms with van der Waals surface area (Å²) in [5.41, 5.74) is 7.14. The molecule has 1 rings (SSSR count). The Bertz CT molecular complexity index is 420. The lowest BCUT2D eigenvalue weighted by Gasteiger charge is -2.25. The van der Waals surface area contributed by atoms with Crippen LogP contribution in [0.25, 0.3) is 0 Å². The molecule has 4 nitrogen and oxygen atoms in total. The molecule has 0 saturated carbocycles. The molecule has 0 bridgehead atoms. The van der Waals surface area contributed by atoms with Gasteiger partial charge in [-0.25, -0.2) is 0 Å². The third-order valence-corrected chi connectivity index (χ3v) is 3.06. The number of hydrogen-bond acceptors (Lipinski definition) is 2. The van der Waals surface area contributed by atoms with Crippen LogP contribution >= 0.6 is 0 Å². The van der Waals surface area contributed by atoms with Gasteiger partial charge in [-0.2, -0.15) is 0 Å². The first kappa shape index (κ1) is 16.5. The summed E-state index contributed by atoms with van der Waals surface area (Å²) < 4.78 is 0. The summed E-state index contributed by atoms with van der Waals surface area (Å²) in [5, 5.41) is 3.17. The molecule has 0 aliphatic carbocycles. The van der Waals surface area contributed by atoms with Crippen molar-refractivity contribution in [2.75, 3.05) is 13.6 Å². The van der Waals surface area contributed by atoms with Gasteiger partial charge in [0.05, 0.1) is 6.54 Å². The largest absolute Gasteiger partial charge is 0.370 e. The van der Waals surface area contributed by atoms with Crippen molar-refractivity contribution in [3.8, 4) is 0 Å². The monoisotopic (exact) mass is 276 g/mol. The minimum Gasteiger partial charge on any atom is -0.370 e. The van der Waals surface area contributed by atoms with Crippen molar-refractivity contribution in [1.29, 1.82) is 0 Å². The van der Waals surface area contributed by atoms with Gasteiger partial charge in [0.25, 0.3) is 0 Å². The SMILES string of the molecule is CC(CN=C(N)NC(C)(C)C)N(C)Cc1ccccc1. The van der Waals surface area contributed by atoms with Crippen molar-refractivity contribution >= 4 is 5.96 Å². The van der Waals surface area contributed by atoms with Crippen molar-refractivity contribution in [1.82, 2.24) is 10.2 Å². The molecule has 1 atom stereocenters. The molecule has 1 aromatic carbocycles. The van der Waals surface area contributed by atoms with Crippen LogP contribution in [0.3, 0.4) is 0 Å². The number of aliphatic imine (C=N–C) groups is 1. The van der Waals surface area contributed by atoms with Gasteiger partial charge < -0.3 is 11.1 Å². The number of hydrogen-bond donors (Lipinski definition) is 2. The molecule has 0 fully saturated rings. The van der Waals surface area contributed by atoms with Gasteiger partial charge in [0.15, 0.2) is 5.96 Å². The van der Waals surface area contributed by atoms with E-state index in [-0.39, 0.29) is 5.54 Å². The Balaban J connectivity index is 2.46. The second-order valence-corrected chi connectivity index (χ2v) is 6.35. The summed E-state index contributed by atoms with van der Waals surface area (Å²) in [4.78, 5) is 6.69. The highest BCUT2D eigenvalue weighted by Crippen LogP contribution is 2.06. The van der Waals surface area contributed by atoms with Crippen LogP contribution in [0, 0.1) is 0 Å². The predicted octanol–water partition coefficient (Wildman–Crippen LogP) is 2.21. The molecule has 0 aliphatic rings. The number of nitrogens with two attached hydrogens (primary N) is 1. The van der Waals surface area contributed by atoms with E-state index in [9.17, 15) is 0 Å². The topological polar surface area (TPSA) is 53.6 Å². The number of rotatable bonds is 5. The average Bonchev–Trinajstić information content (AvgIpc) is 2.35. The van der Waals surface area contributed by atoms with Gasteiger partial charge >= 0.3 is 0 Å². The smallest absolute Gasteiger partial charge is 0.189 e. The zero-order valence-corrected chi connectivity index (χ0v) is 13.4. The summed E-state index contributed by atoms with van der Waals surface area (Å²) >= 11 is 0. The molecule has 3 N–H and O–H groups in total. The number of nitrogens with one attached hydrogen (secondary N) is 1. The van der Waals surface area contributed by atoms with Gasteiger partial charge in [0.1, 0.15) is 0 Å². The molecule has 1 aromatic rings. The van der Waals surface area contributed by atoms with E-state index in [4.69, 9.17) is 5.73 Å². The molecule has 0 saturated heterocycles. The van der Waals surface area contributed by atoms with Crippen LogP contribution in [0.15, 0.2) is 35.3 Å². The molecule has 0 aromatic heterocycles. The fourth-order valence-corrected chi connectivity index (χ4v) is 1.82. The van der Waals surface area contributed by atoms with Crippen LogP contribution in [0.1, 0.15) is 33.3 Å². The van der Waals surface area contributed by atoms with Crippen LogP contribution in [-0.2, 0) is 6.54 Å². The van der Waals surface area contributed by atoms with Crippen LogP contribution < -0.4 is 11.1 Å². The first-order chi connectivity index (χ1) is 9.28. The van der Waals surface area contributed by atoms with E-state index in [1.807, 2.05) is 6.07 Å². The molecule has 4 heteroatoms. The summed E-state index contributed by atoms with van der Waals surface area (Å²) in [7, 11) is 2.11. The fraction of sp³-hybridized carbons (Fsp3) is 0.562. The fourth-order valence-electron chi connectivity index (χ4n) is 1.82. The van der Waals surface area contributed by atoms with Crippen molar-refractivity contribution in [2.45, 2.75) is 45.8 Å². The van der Waals surface area contributed by atoms with E-state index in [0.29, 0.717) is 18.5 Å². The van der Waals surface area contributed by atoms with Crippen molar-refractivity contribution in [2.24, 2.45) is 10.7 Å². The Morgan fingerprint density at radius 3 is 2.45 bits per heavy atom. The molecule has 20 heavy (non-hydrogen) atoms. The lowest BCUT2D eigenvalue weighted by molar-refractivity contribution is 0.255. The second-order valence-electron chi connectivity index (χ2n) is 6.35. The average molecular weight is 276 g/mol. The Labute approximate surface area is 123 Å². The first-order valence-electron chi connectivity index (χ1n) is 7.10. The zero-order chi connectivity index (χ0) is 15.2. The first-order valence-corrected chi connectivity index (χ1v) is 7.10. The molecule has 0 spiro atoms. The predicted molar refractivity (Wildman–Crippen MR) is 86.7 cm³/mol. The Kier molecular flexibility index (Phi) is 6.02. The van der Waals surface area contributed by atoms with Crippen molar-refractivity contribution in [3.63, 3.8) is 0 Å². The minimum absolute atomic E-state index is 0.0488. The summed E-state index contributed by atoms with van der Waals surface area (Å²) in [6.45, 7) is 9.99. The zero-order valence-electron chi connectivity index (χ0n) is 13.4. The lowest BCUT2D eigenvalue weighted by Crippen LogP contribution is -2.45. The highest BCUT2D eigenvalue weighted by Gasteiger charge is 2.12. The summed E-state index contributed by atoms with van der Waals surface area (Å²) in [6.07, 6.45) is 0. The highest BCUT2D eigenvalue weighted by atomic mass is 15.2. The third-order valence-electron chi connectivity index (χ3n) is 3.06. The summed E-state index contributed by atoms with van der Waals surface area (Å²) in [6, 6.07) is 10.8. The summed E-state index contributed by atoms with van der Waals surface area (Å²) in [5.74, 6) is 0.512. The molecular formula is C16H28N4. The van der Waals surface area contributed by atoms with E-state index in [1.165, 1.54) is 5.56 Å². The molecule has 0 aliphatic heterocycles. The minimum atomic E-state index is -0.0488. The third kappa shape index (κ3) is 6.57. The maximum absolute atomic E-state index is 5.88. The van der Waals surface area contributed by atoms with Crippen LogP contribution in [-0.4, -0.2) is 36.0 Å². The van der Waals surface area contributed by atoms with Gasteiger partial charge in [-0.3, -0.25) is 9.89 Å². The van der Waals surface area contributed by atoms with Crippen molar-refractivity contribution in [3.05, 3.63) is 35.9 Å².